The van der Waals surface area contributed by atoms with Gasteiger partial charge >= 0.3 is 5.97 Å². The van der Waals surface area contributed by atoms with Crippen molar-refractivity contribution in [3.05, 3.63) is 82.8 Å². The van der Waals surface area contributed by atoms with Crippen LogP contribution in [-0.2, 0) is 14.3 Å². The lowest BCUT2D eigenvalue weighted by atomic mass is 9.81. The van der Waals surface area contributed by atoms with Crippen molar-refractivity contribution in [2.45, 2.75) is 12.8 Å². The minimum absolute atomic E-state index is 0.0506. The molecule has 3 rings (SSSR count). The lowest BCUT2D eigenvalue weighted by Crippen LogP contribution is -2.26. The van der Waals surface area contributed by atoms with Crippen molar-refractivity contribution in [1.82, 2.24) is 0 Å². The molecular weight excluding hydrogens is 356 g/mol. The first-order chi connectivity index (χ1) is 13.6. The van der Waals surface area contributed by atoms with Gasteiger partial charge in [-0.25, -0.2) is 4.79 Å². The standard InChI is InChI=1S/C22H20N2O4/c1-3-27-22(25)19-18(15-11-7-8-12-17(15)26-2)16(13-23)21(24)28-20(19)14-9-5-4-6-10-14/h4-12,18H,3,24H2,1-2H3/t18-/m1/s1. The first-order valence-electron chi connectivity index (χ1n) is 8.79. The number of nitriles is 1. The fourth-order valence-electron chi connectivity index (χ4n) is 3.20. The third kappa shape index (κ3) is 3.42. The maximum absolute atomic E-state index is 13.0. The Morgan fingerprint density at radius 3 is 2.50 bits per heavy atom. The van der Waals surface area contributed by atoms with E-state index in [0.29, 0.717) is 16.9 Å². The summed E-state index contributed by atoms with van der Waals surface area (Å²) in [7, 11) is 1.53. The van der Waals surface area contributed by atoms with Gasteiger partial charge in [0.25, 0.3) is 0 Å². The average molecular weight is 376 g/mol. The van der Waals surface area contributed by atoms with Gasteiger partial charge in [-0.3, -0.25) is 0 Å². The molecule has 0 aromatic heterocycles. The van der Waals surface area contributed by atoms with Crippen LogP contribution in [0.2, 0.25) is 0 Å². The molecule has 0 saturated carbocycles. The molecule has 0 saturated heterocycles. The van der Waals surface area contributed by atoms with Crippen LogP contribution in [0, 0.1) is 11.3 Å². The summed E-state index contributed by atoms with van der Waals surface area (Å²) >= 11 is 0. The predicted octanol–water partition coefficient (Wildman–Crippen LogP) is 3.48. The minimum atomic E-state index is -0.774. The molecule has 2 aromatic rings. The molecule has 2 N–H and O–H groups in total. The van der Waals surface area contributed by atoms with Crippen LogP contribution in [-0.4, -0.2) is 19.7 Å². The molecule has 28 heavy (non-hydrogen) atoms. The Morgan fingerprint density at radius 2 is 1.86 bits per heavy atom. The van der Waals surface area contributed by atoms with E-state index in [-0.39, 0.29) is 29.4 Å². The molecular formula is C22H20N2O4. The molecule has 1 aliphatic rings. The quantitative estimate of drug-likeness (QED) is 0.803. The van der Waals surface area contributed by atoms with E-state index >= 15 is 0 Å². The number of carbonyl (C=O) groups is 1. The number of para-hydroxylation sites is 1. The number of carbonyl (C=O) groups excluding carboxylic acids is 1. The Bertz CT molecular complexity index is 987. The Labute approximate surface area is 163 Å². The van der Waals surface area contributed by atoms with Gasteiger partial charge in [0, 0.05) is 11.1 Å². The molecule has 2 aromatic carbocycles. The van der Waals surface area contributed by atoms with Crippen molar-refractivity contribution >= 4 is 11.7 Å². The lowest BCUT2D eigenvalue weighted by molar-refractivity contribution is -0.138. The second kappa shape index (κ2) is 8.31. The van der Waals surface area contributed by atoms with E-state index in [1.807, 2.05) is 30.3 Å². The zero-order chi connectivity index (χ0) is 20.1. The number of methoxy groups -OCH3 is 1. The number of hydrogen-bond acceptors (Lipinski definition) is 6. The van der Waals surface area contributed by atoms with E-state index in [1.165, 1.54) is 7.11 Å². The van der Waals surface area contributed by atoms with E-state index in [1.54, 1.807) is 31.2 Å². The minimum Gasteiger partial charge on any atom is -0.496 e. The van der Waals surface area contributed by atoms with Crippen molar-refractivity contribution in [1.29, 1.82) is 5.26 Å². The lowest BCUT2D eigenvalue weighted by Gasteiger charge is -2.29. The number of allylic oxidation sites excluding steroid dienone is 1. The van der Waals surface area contributed by atoms with Crippen LogP contribution in [0.1, 0.15) is 24.0 Å². The largest absolute Gasteiger partial charge is 0.496 e. The Morgan fingerprint density at radius 1 is 1.18 bits per heavy atom. The molecule has 6 nitrogen and oxygen atoms in total. The van der Waals surface area contributed by atoms with Crippen LogP contribution in [0.5, 0.6) is 5.75 Å². The summed E-state index contributed by atoms with van der Waals surface area (Å²) in [6, 6.07) is 18.4. The highest BCUT2D eigenvalue weighted by Gasteiger charge is 2.39. The van der Waals surface area contributed by atoms with Gasteiger partial charge in [-0.1, -0.05) is 48.5 Å². The third-order valence-electron chi connectivity index (χ3n) is 4.40. The topological polar surface area (TPSA) is 94.6 Å². The molecule has 142 valence electrons. The summed E-state index contributed by atoms with van der Waals surface area (Å²) in [5.74, 6) is -0.595. The second-order valence-corrected chi connectivity index (χ2v) is 6.00. The number of hydrogen-bond donors (Lipinski definition) is 1. The van der Waals surface area contributed by atoms with Gasteiger partial charge in [-0.2, -0.15) is 5.26 Å². The number of rotatable bonds is 5. The molecule has 0 aliphatic carbocycles. The molecule has 0 fully saturated rings. The zero-order valence-corrected chi connectivity index (χ0v) is 15.6. The molecule has 0 radical (unpaired) electrons. The SMILES string of the molecule is CCOC(=O)C1=C(c2ccccc2)OC(N)=C(C#N)[C@H]1c1ccccc1OC. The molecule has 1 atom stereocenters. The van der Waals surface area contributed by atoms with Gasteiger partial charge < -0.3 is 19.9 Å². The van der Waals surface area contributed by atoms with Gasteiger partial charge in [0.05, 0.1) is 25.2 Å². The van der Waals surface area contributed by atoms with E-state index < -0.39 is 11.9 Å². The van der Waals surface area contributed by atoms with Crippen molar-refractivity contribution < 1.29 is 19.0 Å². The molecule has 0 unspecified atom stereocenters. The Kier molecular flexibility index (Phi) is 5.66. The summed E-state index contributed by atoms with van der Waals surface area (Å²) in [5.41, 5.74) is 7.71. The van der Waals surface area contributed by atoms with E-state index in [9.17, 15) is 10.1 Å². The molecule has 1 heterocycles. The van der Waals surface area contributed by atoms with E-state index in [4.69, 9.17) is 19.9 Å². The average Bonchev–Trinajstić information content (AvgIpc) is 2.73. The van der Waals surface area contributed by atoms with Gasteiger partial charge in [-0.05, 0) is 13.0 Å². The van der Waals surface area contributed by atoms with Gasteiger partial charge in [-0.15, -0.1) is 0 Å². The molecule has 1 aliphatic heterocycles. The smallest absolute Gasteiger partial charge is 0.338 e. The maximum Gasteiger partial charge on any atom is 0.338 e. The van der Waals surface area contributed by atoms with Gasteiger partial charge in [0.15, 0.2) is 0 Å². The fraction of sp³-hybridized carbons (Fsp3) is 0.182. The van der Waals surface area contributed by atoms with Crippen LogP contribution in [0.4, 0.5) is 0 Å². The van der Waals surface area contributed by atoms with Crippen LogP contribution in [0.3, 0.4) is 0 Å². The summed E-state index contributed by atoms with van der Waals surface area (Å²) in [6.45, 7) is 1.90. The monoisotopic (exact) mass is 376 g/mol. The highest BCUT2D eigenvalue weighted by atomic mass is 16.5. The van der Waals surface area contributed by atoms with Crippen LogP contribution in [0.25, 0.3) is 5.76 Å². The van der Waals surface area contributed by atoms with Crippen molar-refractivity contribution in [2.24, 2.45) is 5.73 Å². The molecule has 6 heteroatoms. The summed E-state index contributed by atoms with van der Waals surface area (Å²) in [4.78, 5) is 13.0. The normalized spacial score (nSPS) is 16.2. The fourth-order valence-corrected chi connectivity index (χ4v) is 3.20. The van der Waals surface area contributed by atoms with E-state index in [2.05, 4.69) is 6.07 Å². The number of benzene rings is 2. The number of ether oxygens (including phenoxy) is 3. The molecule has 0 amide bonds. The van der Waals surface area contributed by atoms with Crippen molar-refractivity contribution in [3.8, 4) is 11.8 Å². The van der Waals surface area contributed by atoms with Gasteiger partial charge in [0.1, 0.15) is 23.2 Å². The highest BCUT2D eigenvalue weighted by Crippen LogP contribution is 2.45. The van der Waals surface area contributed by atoms with Crippen LogP contribution >= 0.6 is 0 Å². The van der Waals surface area contributed by atoms with Crippen LogP contribution < -0.4 is 10.5 Å². The molecule has 0 spiro atoms. The first kappa shape index (κ1) is 19.1. The summed E-state index contributed by atoms with van der Waals surface area (Å²) in [6.07, 6.45) is 0. The van der Waals surface area contributed by atoms with Gasteiger partial charge in [0.2, 0.25) is 5.88 Å². The molecule has 0 bridgehead atoms. The summed E-state index contributed by atoms with van der Waals surface area (Å²) < 4.78 is 16.5. The number of esters is 1. The number of nitrogens with two attached hydrogens (primary N) is 1. The summed E-state index contributed by atoms with van der Waals surface area (Å²) in [5, 5.41) is 9.76. The second-order valence-electron chi connectivity index (χ2n) is 6.00. The predicted molar refractivity (Wildman–Crippen MR) is 104 cm³/mol. The van der Waals surface area contributed by atoms with Crippen LogP contribution in [0.15, 0.2) is 71.6 Å². The highest BCUT2D eigenvalue weighted by molar-refractivity contribution is 6.00. The third-order valence-corrected chi connectivity index (χ3v) is 4.40. The maximum atomic E-state index is 13.0. The zero-order valence-electron chi connectivity index (χ0n) is 15.6. The Hall–Kier alpha value is -3.72. The van der Waals surface area contributed by atoms with Crippen molar-refractivity contribution in [2.75, 3.05) is 13.7 Å². The first-order valence-corrected chi connectivity index (χ1v) is 8.79. The van der Waals surface area contributed by atoms with Crippen molar-refractivity contribution in [3.63, 3.8) is 0 Å². The number of nitrogens with zero attached hydrogens (tertiary/aromatic N) is 1. The van der Waals surface area contributed by atoms with E-state index in [0.717, 1.165) is 0 Å². The Balaban J connectivity index is 2.32.